The summed E-state index contributed by atoms with van der Waals surface area (Å²) in [5.74, 6) is 0. The quantitative estimate of drug-likeness (QED) is 0.298. The van der Waals surface area contributed by atoms with E-state index in [4.69, 9.17) is 0 Å². The maximum Gasteiger partial charge on any atom is 0.176 e. The van der Waals surface area contributed by atoms with Crippen molar-refractivity contribution in [3.8, 4) is 33.1 Å². The Morgan fingerprint density at radius 1 is 0.971 bits per heavy atom. The van der Waals surface area contributed by atoms with Gasteiger partial charge in [-0.3, -0.25) is 20.1 Å². The number of aromatic nitrogens is 6. The summed E-state index contributed by atoms with van der Waals surface area (Å²) in [7, 11) is 0. The van der Waals surface area contributed by atoms with E-state index in [1.54, 1.807) is 24.7 Å². The van der Waals surface area contributed by atoms with Crippen molar-refractivity contribution in [1.29, 1.82) is 0 Å². The Hall–Kier alpha value is -3.95. The van der Waals surface area contributed by atoms with Crippen LogP contribution in [-0.4, -0.2) is 36.7 Å². The van der Waals surface area contributed by atoms with Crippen molar-refractivity contribution in [2.75, 3.05) is 6.54 Å². The number of nitrogens with one attached hydrogen (secondary N) is 3. The van der Waals surface area contributed by atoms with Gasteiger partial charge in [-0.25, -0.2) is 0 Å². The van der Waals surface area contributed by atoms with Crippen LogP contribution in [0.5, 0.6) is 0 Å². The van der Waals surface area contributed by atoms with Crippen molar-refractivity contribution in [3.63, 3.8) is 0 Å². The Labute approximate surface area is 198 Å². The number of fused-ring (bicyclic) bond motifs is 2. The summed E-state index contributed by atoms with van der Waals surface area (Å²) in [5, 5.41) is 12.7. The molecule has 3 N–H and O–H groups in total. The normalized spacial score (nSPS) is 11.6. The van der Waals surface area contributed by atoms with E-state index < -0.39 is 0 Å². The zero-order valence-electron chi connectivity index (χ0n) is 18.3. The van der Waals surface area contributed by atoms with Gasteiger partial charge in [0.25, 0.3) is 0 Å². The predicted molar refractivity (Wildman–Crippen MR) is 133 cm³/mol. The number of hydrogen-bond donors (Lipinski definition) is 3. The van der Waals surface area contributed by atoms with Gasteiger partial charge in [-0.1, -0.05) is 6.92 Å². The molecule has 0 fully saturated rings. The fourth-order valence-electron chi connectivity index (χ4n) is 4.11. The van der Waals surface area contributed by atoms with E-state index in [0.717, 1.165) is 84.9 Å². The highest BCUT2D eigenvalue weighted by Crippen LogP contribution is 2.36. The molecule has 6 rings (SSSR count). The SMILES string of the molecule is CCNCc1cncc(-c2cc3c(-c4cc5c(-c6ccc(F)s6)cncc5[nH]4)n[nH]c3cn2)c1. The third-order valence-corrected chi connectivity index (χ3v) is 6.66. The maximum atomic E-state index is 13.6. The number of pyridine rings is 3. The van der Waals surface area contributed by atoms with Crippen molar-refractivity contribution < 1.29 is 4.39 Å². The molecule has 168 valence electrons. The van der Waals surface area contributed by atoms with Crippen LogP contribution in [0.3, 0.4) is 0 Å². The second-order valence-electron chi connectivity index (χ2n) is 7.98. The molecule has 0 aliphatic rings. The highest BCUT2D eigenvalue weighted by atomic mass is 32.1. The first-order chi connectivity index (χ1) is 16.7. The molecule has 0 aromatic carbocycles. The van der Waals surface area contributed by atoms with Gasteiger partial charge >= 0.3 is 0 Å². The average Bonchev–Trinajstić information content (AvgIpc) is 3.59. The molecule has 9 heteroatoms. The largest absolute Gasteiger partial charge is 0.352 e. The van der Waals surface area contributed by atoms with Gasteiger partial charge in [0.1, 0.15) is 5.69 Å². The van der Waals surface area contributed by atoms with Crippen LogP contribution in [0.2, 0.25) is 0 Å². The number of aromatic amines is 2. The number of nitrogens with zero attached hydrogens (tertiary/aromatic N) is 4. The van der Waals surface area contributed by atoms with Gasteiger partial charge in [-0.2, -0.15) is 9.49 Å². The molecule has 6 aromatic heterocycles. The minimum absolute atomic E-state index is 0.217. The van der Waals surface area contributed by atoms with Gasteiger partial charge in [0.15, 0.2) is 5.13 Å². The topological polar surface area (TPSA) is 95.2 Å². The lowest BCUT2D eigenvalue weighted by Gasteiger charge is -2.05. The number of halogens is 1. The number of rotatable bonds is 6. The summed E-state index contributed by atoms with van der Waals surface area (Å²) in [4.78, 5) is 17.6. The van der Waals surface area contributed by atoms with Crippen molar-refractivity contribution in [2.45, 2.75) is 13.5 Å². The number of thiophene rings is 1. The highest BCUT2D eigenvalue weighted by molar-refractivity contribution is 7.14. The average molecular weight is 470 g/mol. The van der Waals surface area contributed by atoms with Crippen molar-refractivity contribution in [2.24, 2.45) is 0 Å². The first-order valence-corrected chi connectivity index (χ1v) is 11.7. The summed E-state index contributed by atoms with van der Waals surface area (Å²) >= 11 is 1.11. The van der Waals surface area contributed by atoms with E-state index in [0.29, 0.717) is 0 Å². The van der Waals surface area contributed by atoms with E-state index in [-0.39, 0.29) is 5.13 Å². The molecule has 0 spiro atoms. The lowest BCUT2D eigenvalue weighted by molar-refractivity contribution is 0.657. The molecule has 0 unspecified atom stereocenters. The molecule has 6 heterocycles. The summed E-state index contributed by atoms with van der Waals surface area (Å²) in [6.45, 7) is 3.74. The van der Waals surface area contributed by atoms with Crippen molar-refractivity contribution in [1.82, 2.24) is 35.5 Å². The minimum atomic E-state index is -0.217. The monoisotopic (exact) mass is 469 g/mol. The Balaban J connectivity index is 1.44. The van der Waals surface area contributed by atoms with Crippen LogP contribution in [0.25, 0.3) is 54.9 Å². The van der Waals surface area contributed by atoms with Gasteiger partial charge in [0.2, 0.25) is 0 Å². The molecular formula is C25H20FN7S. The summed E-state index contributed by atoms with van der Waals surface area (Å²) in [6.07, 6.45) is 9.02. The van der Waals surface area contributed by atoms with Gasteiger partial charge in [0.05, 0.1) is 34.8 Å². The van der Waals surface area contributed by atoms with Gasteiger partial charge < -0.3 is 10.3 Å². The maximum absolute atomic E-state index is 13.6. The highest BCUT2D eigenvalue weighted by Gasteiger charge is 2.16. The smallest absolute Gasteiger partial charge is 0.176 e. The zero-order chi connectivity index (χ0) is 23.1. The minimum Gasteiger partial charge on any atom is -0.352 e. The Morgan fingerprint density at radius 2 is 1.88 bits per heavy atom. The fraction of sp³-hybridized carbons (Fsp3) is 0.120. The molecule has 0 saturated carbocycles. The number of H-pyrrole nitrogens is 2. The lowest BCUT2D eigenvalue weighted by Crippen LogP contribution is -2.11. The Morgan fingerprint density at radius 3 is 2.74 bits per heavy atom. The Bertz CT molecular complexity index is 1630. The summed E-state index contributed by atoms with van der Waals surface area (Å²) in [5.41, 5.74) is 7.12. The predicted octanol–water partition coefficient (Wildman–Crippen LogP) is 5.54. The molecule has 0 bridgehead atoms. The molecule has 0 radical (unpaired) electrons. The molecule has 34 heavy (non-hydrogen) atoms. The van der Waals surface area contributed by atoms with Crippen LogP contribution in [0.4, 0.5) is 4.39 Å². The standard InChI is InChI=1S/C25H20FN7S/c1-2-27-8-14-5-15(10-28-9-14)19-7-17-22(13-30-19)32-33-25(17)20-6-16-18(11-29-12-21(16)31-20)23-3-4-24(26)34-23/h3-7,9-13,27,31H,2,8H2,1H3,(H,32,33). The van der Waals surface area contributed by atoms with Gasteiger partial charge in [0, 0.05) is 51.9 Å². The molecule has 0 amide bonds. The van der Waals surface area contributed by atoms with Crippen molar-refractivity contribution in [3.05, 3.63) is 72.0 Å². The van der Waals surface area contributed by atoms with Crippen LogP contribution in [0.1, 0.15) is 12.5 Å². The van der Waals surface area contributed by atoms with E-state index in [9.17, 15) is 4.39 Å². The fourth-order valence-corrected chi connectivity index (χ4v) is 4.86. The zero-order valence-corrected chi connectivity index (χ0v) is 19.1. The summed E-state index contributed by atoms with van der Waals surface area (Å²) in [6, 6.07) is 9.43. The Kier molecular flexibility index (Phi) is 5.12. The third kappa shape index (κ3) is 3.64. The van der Waals surface area contributed by atoms with E-state index >= 15 is 0 Å². The van der Waals surface area contributed by atoms with Crippen LogP contribution < -0.4 is 5.32 Å². The molecule has 7 nitrogen and oxygen atoms in total. The van der Waals surface area contributed by atoms with Crippen molar-refractivity contribution >= 4 is 33.1 Å². The van der Waals surface area contributed by atoms with E-state index in [1.165, 1.54) is 6.07 Å². The van der Waals surface area contributed by atoms with E-state index in [2.05, 4.69) is 48.4 Å². The van der Waals surface area contributed by atoms with Crippen LogP contribution in [0.15, 0.2) is 61.3 Å². The van der Waals surface area contributed by atoms with Crippen LogP contribution in [0, 0.1) is 5.13 Å². The second-order valence-corrected chi connectivity index (χ2v) is 9.02. The lowest BCUT2D eigenvalue weighted by atomic mass is 10.1. The van der Waals surface area contributed by atoms with E-state index in [1.807, 2.05) is 24.5 Å². The molecule has 0 saturated heterocycles. The molecule has 0 aliphatic heterocycles. The van der Waals surface area contributed by atoms with Crippen LogP contribution >= 0.6 is 11.3 Å². The molecular weight excluding hydrogens is 449 g/mol. The van der Waals surface area contributed by atoms with Gasteiger partial charge in [-0.15, -0.1) is 11.3 Å². The summed E-state index contributed by atoms with van der Waals surface area (Å²) < 4.78 is 13.6. The first kappa shape index (κ1) is 20.6. The van der Waals surface area contributed by atoms with Crippen LogP contribution in [-0.2, 0) is 6.54 Å². The van der Waals surface area contributed by atoms with Gasteiger partial charge in [-0.05, 0) is 42.4 Å². The molecule has 0 atom stereocenters. The molecule has 6 aromatic rings. The second kappa shape index (κ2) is 8.44. The first-order valence-electron chi connectivity index (χ1n) is 10.9. The molecule has 0 aliphatic carbocycles. The number of hydrogen-bond acceptors (Lipinski definition) is 6. The third-order valence-electron chi connectivity index (χ3n) is 5.76.